The Morgan fingerprint density at radius 1 is 1.17 bits per heavy atom. The van der Waals surface area contributed by atoms with Crippen LogP contribution in [-0.2, 0) is 6.61 Å². The van der Waals surface area contributed by atoms with Gasteiger partial charge in [-0.05, 0) is 22.0 Å². The van der Waals surface area contributed by atoms with Gasteiger partial charge in [-0.2, -0.15) is 0 Å². The molecule has 7 heteroatoms. The minimum absolute atomic E-state index is 0.148. The van der Waals surface area contributed by atoms with E-state index in [1.165, 1.54) is 11.3 Å². The second-order valence-electron chi connectivity index (χ2n) is 4.83. The molecular formula is C16H13N3O3S. The molecule has 6 nitrogen and oxygen atoms in total. The molecular weight excluding hydrogens is 314 g/mol. The Labute approximate surface area is 136 Å². The van der Waals surface area contributed by atoms with E-state index in [9.17, 15) is 10.1 Å². The van der Waals surface area contributed by atoms with Gasteiger partial charge in [0.1, 0.15) is 17.3 Å². The number of aromatic nitrogens is 2. The molecule has 3 rings (SSSR count). The minimum Gasteiger partial charge on any atom is -0.479 e. The van der Waals surface area contributed by atoms with Crippen LogP contribution in [0, 0.1) is 17.0 Å². The second-order valence-corrected chi connectivity index (χ2v) is 5.69. The van der Waals surface area contributed by atoms with Crippen LogP contribution in [0.4, 0.5) is 5.82 Å². The van der Waals surface area contributed by atoms with Gasteiger partial charge < -0.3 is 14.9 Å². The molecule has 0 aliphatic rings. The summed E-state index contributed by atoms with van der Waals surface area (Å²) in [6.07, 6.45) is 0. The summed E-state index contributed by atoms with van der Waals surface area (Å²) in [6.45, 7) is 1.86. The maximum Gasteiger partial charge on any atom is 0.406 e. The van der Waals surface area contributed by atoms with E-state index in [4.69, 9.17) is 4.74 Å². The molecule has 3 aromatic rings. The highest BCUT2D eigenvalue weighted by Crippen LogP contribution is 2.27. The fourth-order valence-corrected chi connectivity index (χ4v) is 2.82. The molecule has 0 aliphatic heterocycles. The third kappa shape index (κ3) is 3.51. The van der Waals surface area contributed by atoms with Crippen LogP contribution in [0.1, 0.15) is 11.4 Å². The average molecular weight is 327 g/mol. The first-order chi connectivity index (χ1) is 11.1. The van der Waals surface area contributed by atoms with Gasteiger partial charge in [-0.15, -0.1) is 11.3 Å². The first-order valence-electron chi connectivity index (χ1n) is 6.88. The van der Waals surface area contributed by atoms with Gasteiger partial charge in [-0.25, -0.2) is 4.98 Å². The average Bonchev–Trinajstić information content (AvgIpc) is 3.03. The van der Waals surface area contributed by atoms with E-state index in [1.54, 1.807) is 19.1 Å². The largest absolute Gasteiger partial charge is 0.479 e. The number of hydrogen-bond donors (Lipinski definition) is 0. The molecule has 0 bridgehead atoms. The van der Waals surface area contributed by atoms with Crippen LogP contribution in [-0.4, -0.2) is 14.9 Å². The molecule has 0 aliphatic carbocycles. The molecule has 0 amide bonds. The Morgan fingerprint density at radius 3 is 2.70 bits per heavy atom. The van der Waals surface area contributed by atoms with Gasteiger partial charge in [-0.1, -0.05) is 30.3 Å². The van der Waals surface area contributed by atoms with Gasteiger partial charge >= 0.3 is 5.82 Å². The van der Waals surface area contributed by atoms with E-state index >= 15 is 0 Å². The summed E-state index contributed by atoms with van der Waals surface area (Å²) >= 11 is 1.51. The van der Waals surface area contributed by atoms with Crippen LogP contribution in [0.25, 0.3) is 10.6 Å². The van der Waals surface area contributed by atoms with Gasteiger partial charge in [0.2, 0.25) is 5.75 Å². The van der Waals surface area contributed by atoms with Gasteiger partial charge in [0.15, 0.2) is 0 Å². The van der Waals surface area contributed by atoms with Crippen molar-refractivity contribution in [3.63, 3.8) is 0 Å². The highest BCUT2D eigenvalue weighted by atomic mass is 32.1. The molecule has 116 valence electrons. The van der Waals surface area contributed by atoms with Crippen LogP contribution in [0.5, 0.6) is 5.75 Å². The van der Waals surface area contributed by atoms with E-state index in [0.717, 1.165) is 16.3 Å². The van der Waals surface area contributed by atoms with E-state index in [2.05, 4.69) is 9.97 Å². The first-order valence-corrected chi connectivity index (χ1v) is 7.76. The zero-order chi connectivity index (χ0) is 16.2. The monoisotopic (exact) mass is 327 g/mol. The quantitative estimate of drug-likeness (QED) is 0.523. The predicted octanol–water partition coefficient (Wildman–Crippen LogP) is 4.00. The second kappa shape index (κ2) is 6.53. The summed E-state index contributed by atoms with van der Waals surface area (Å²) in [5.41, 5.74) is 2.33. The highest BCUT2D eigenvalue weighted by molar-refractivity contribution is 7.13. The lowest BCUT2D eigenvalue weighted by Crippen LogP contribution is -2.02. The highest BCUT2D eigenvalue weighted by Gasteiger charge is 2.18. The van der Waals surface area contributed by atoms with Crippen molar-refractivity contribution in [2.75, 3.05) is 0 Å². The Bertz CT molecular complexity index is 834. The summed E-state index contributed by atoms with van der Waals surface area (Å²) in [7, 11) is 0. The Kier molecular flexibility index (Phi) is 4.29. The lowest BCUT2D eigenvalue weighted by atomic mass is 10.2. The Balaban J connectivity index is 1.75. The van der Waals surface area contributed by atoms with Gasteiger partial charge in [-0.3, -0.25) is 0 Å². The van der Waals surface area contributed by atoms with E-state index in [-0.39, 0.29) is 18.2 Å². The van der Waals surface area contributed by atoms with Crippen molar-refractivity contribution in [1.82, 2.24) is 9.97 Å². The molecule has 0 atom stereocenters. The summed E-state index contributed by atoms with van der Waals surface area (Å²) in [4.78, 5) is 18.9. The number of pyridine rings is 1. The number of rotatable bonds is 5. The van der Waals surface area contributed by atoms with Crippen LogP contribution in [0.15, 0.2) is 47.8 Å². The zero-order valence-corrected chi connectivity index (χ0v) is 13.1. The van der Waals surface area contributed by atoms with Gasteiger partial charge in [0.25, 0.3) is 0 Å². The van der Waals surface area contributed by atoms with E-state index in [1.807, 2.05) is 35.7 Å². The Hall–Kier alpha value is -2.80. The first kappa shape index (κ1) is 15.1. The van der Waals surface area contributed by atoms with Crippen LogP contribution in [0.3, 0.4) is 0 Å². The summed E-state index contributed by atoms with van der Waals surface area (Å²) in [5.74, 6) is -0.127. The third-order valence-electron chi connectivity index (χ3n) is 3.10. The number of nitrogens with zero attached hydrogens (tertiary/aromatic N) is 3. The summed E-state index contributed by atoms with van der Waals surface area (Å²) < 4.78 is 5.53. The number of thiazole rings is 1. The van der Waals surface area contributed by atoms with Crippen LogP contribution < -0.4 is 4.74 Å². The normalized spacial score (nSPS) is 10.5. The molecule has 0 spiro atoms. The van der Waals surface area contributed by atoms with E-state index < -0.39 is 4.92 Å². The van der Waals surface area contributed by atoms with Crippen molar-refractivity contribution in [3.05, 3.63) is 69.3 Å². The molecule has 0 saturated heterocycles. The summed E-state index contributed by atoms with van der Waals surface area (Å²) in [6, 6.07) is 13.1. The number of ether oxygens (including phenoxy) is 1. The van der Waals surface area contributed by atoms with Crippen molar-refractivity contribution in [1.29, 1.82) is 0 Å². The predicted molar refractivity (Wildman–Crippen MR) is 87.5 cm³/mol. The minimum atomic E-state index is -0.543. The molecule has 23 heavy (non-hydrogen) atoms. The molecule has 0 unspecified atom stereocenters. The smallest absolute Gasteiger partial charge is 0.406 e. The topological polar surface area (TPSA) is 78.2 Å². The number of benzene rings is 1. The van der Waals surface area contributed by atoms with Crippen LogP contribution >= 0.6 is 11.3 Å². The molecule has 2 aromatic heterocycles. The molecule has 0 radical (unpaired) electrons. The summed E-state index contributed by atoms with van der Waals surface area (Å²) in [5, 5.41) is 13.8. The van der Waals surface area contributed by atoms with Crippen molar-refractivity contribution < 1.29 is 9.66 Å². The fraction of sp³-hybridized carbons (Fsp3) is 0.125. The van der Waals surface area contributed by atoms with Crippen molar-refractivity contribution >= 4 is 17.2 Å². The van der Waals surface area contributed by atoms with Gasteiger partial charge in [0, 0.05) is 17.9 Å². The van der Waals surface area contributed by atoms with E-state index in [0.29, 0.717) is 5.69 Å². The maximum absolute atomic E-state index is 11.0. The SMILES string of the molecule is Cc1ccc(OCc2csc(-c3ccccc3)n2)c([N+](=O)[O-])n1. The lowest BCUT2D eigenvalue weighted by molar-refractivity contribution is -0.390. The zero-order valence-electron chi connectivity index (χ0n) is 12.3. The van der Waals surface area contributed by atoms with Crippen LogP contribution in [0.2, 0.25) is 0 Å². The van der Waals surface area contributed by atoms with Gasteiger partial charge in [0.05, 0.1) is 5.69 Å². The van der Waals surface area contributed by atoms with Crippen molar-refractivity contribution in [2.24, 2.45) is 0 Å². The van der Waals surface area contributed by atoms with Crippen molar-refractivity contribution in [3.8, 4) is 16.3 Å². The standard InChI is InChI=1S/C16H13N3O3S/c1-11-7-8-14(15(17-11)19(20)21)22-9-13-10-23-16(18-13)12-5-3-2-4-6-12/h2-8,10H,9H2,1H3. The fourth-order valence-electron chi connectivity index (χ4n) is 2.01. The van der Waals surface area contributed by atoms with Crippen molar-refractivity contribution in [2.45, 2.75) is 13.5 Å². The molecule has 0 N–H and O–H groups in total. The third-order valence-corrected chi connectivity index (χ3v) is 4.04. The number of nitro groups is 1. The molecule has 2 heterocycles. The lowest BCUT2D eigenvalue weighted by Gasteiger charge is -2.04. The molecule has 1 aromatic carbocycles. The number of hydrogen-bond acceptors (Lipinski definition) is 6. The molecule has 0 fully saturated rings. The molecule has 0 saturated carbocycles. The number of aryl methyl sites for hydroxylation is 1. The Morgan fingerprint density at radius 2 is 1.96 bits per heavy atom. The maximum atomic E-state index is 11.0.